The number of amides is 1. The zero-order valence-electron chi connectivity index (χ0n) is 9.54. The molecule has 1 amide bonds. The summed E-state index contributed by atoms with van der Waals surface area (Å²) in [5, 5.41) is -0.0138. The molecular weight excluding hydrogens is 241 g/mol. The van der Waals surface area contributed by atoms with Crippen LogP contribution in [0.3, 0.4) is 0 Å². The van der Waals surface area contributed by atoms with Crippen molar-refractivity contribution in [1.82, 2.24) is 4.90 Å². The summed E-state index contributed by atoms with van der Waals surface area (Å²) in [6.45, 7) is 3.33. The fraction of sp³-hybridized carbons (Fsp3) is 0.308. The molecule has 1 aliphatic rings. The number of nitrogens with zero attached hydrogens (tertiary/aromatic N) is 1. The average molecular weight is 254 g/mol. The van der Waals surface area contributed by atoms with Gasteiger partial charge in [-0.05, 0) is 31.5 Å². The molecule has 0 atom stereocenters. The Hall–Kier alpha value is -1.35. The molecule has 1 aliphatic heterocycles. The molecule has 0 aliphatic carbocycles. The van der Waals surface area contributed by atoms with Crippen molar-refractivity contribution in [1.29, 1.82) is 0 Å². The number of hydrogen-bond donors (Lipinski definition) is 0. The highest BCUT2D eigenvalue weighted by Crippen LogP contribution is 2.19. The van der Waals surface area contributed by atoms with E-state index in [0.29, 0.717) is 18.7 Å². The monoisotopic (exact) mass is 253 g/mol. The van der Waals surface area contributed by atoms with Gasteiger partial charge in [-0.1, -0.05) is 23.3 Å². The van der Waals surface area contributed by atoms with Crippen molar-refractivity contribution in [2.45, 2.75) is 13.3 Å². The summed E-state index contributed by atoms with van der Waals surface area (Å²) in [6, 6.07) is 4.08. The minimum Gasteiger partial charge on any atom is -0.334 e. The minimum atomic E-state index is -0.502. The highest BCUT2D eigenvalue weighted by molar-refractivity contribution is 6.31. The van der Waals surface area contributed by atoms with Crippen LogP contribution in [-0.4, -0.2) is 23.9 Å². The lowest BCUT2D eigenvalue weighted by Gasteiger charge is -2.26. The summed E-state index contributed by atoms with van der Waals surface area (Å²) >= 11 is 5.67. The zero-order chi connectivity index (χ0) is 12.4. The van der Waals surface area contributed by atoms with Gasteiger partial charge in [0.15, 0.2) is 0 Å². The molecule has 0 fully saturated rings. The van der Waals surface area contributed by atoms with Gasteiger partial charge in [0.1, 0.15) is 5.82 Å². The molecule has 0 unspecified atom stereocenters. The van der Waals surface area contributed by atoms with Crippen molar-refractivity contribution in [3.8, 4) is 0 Å². The summed E-state index contributed by atoms with van der Waals surface area (Å²) in [6.07, 6.45) is 2.99. The standard InChI is InChI=1S/C13H13ClFNO/c1-9-3-2-6-16(8-9)13(17)10-4-5-12(15)11(14)7-10/h3-5,7H,2,6,8H2,1H3. The predicted octanol–water partition coefficient (Wildman–Crippen LogP) is 3.27. The summed E-state index contributed by atoms with van der Waals surface area (Å²) in [7, 11) is 0. The predicted molar refractivity (Wildman–Crippen MR) is 65.7 cm³/mol. The first-order chi connectivity index (χ1) is 8.08. The van der Waals surface area contributed by atoms with Crippen LogP contribution in [0, 0.1) is 5.82 Å². The Balaban J connectivity index is 2.19. The summed E-state index contributed by atoms with van der Waals surface area (Å²) in [5.41, 5.74) is 1.61. The van der Waals surface area contributed by atoms with E-state index in [1.54, 1.807) is 4.90 Å². The van der Waals surface area contributed by atoms with E-state index in [-0.39, 0.29) is 10.9 Å². The Morgan fingerprint density at radius 3 is 2.88 bits per heavy atom. The molecule has 0 saturated carbocycles. The molecule has 0 aromatic heterocycles. The van der Waals surface area contributed by atoms with E-state index < -0.39 is 5.82 Å². The van der Waals surface area contributed by atoms with Gasteiger partial charge in [-0.25, -0.2) is 4.39 Å². The van der Waals surface area contributed by atoms with E-state index in [4.69, 9.17) is 11.6 Å². The largest absolute Gasteiger partial charge is 0.334 e. The van der Waals surface area contributed by atoms with Crippen molar-refractivity contribution in [2.24, 2.45) is 0 Å². The minimum absolute atomic E-state index is 0.0138. The lowest BCUT2D eigenvalue weighted by Crippen LogP contribution is -2.35. The average Bonchev–Trinajstić information content (AvgIpc) is 2.32. The first-order valence-electron chi connectivity index (χ1n) is 5.48. The molecule has 0 saturated heterocycles. The van der Waals surface area contributed by atoms with Crippen LogP contribution in [0.1, 0.15) is 23.7 Å². The topological polar surface area (TPSA) is 20.3 Å². The van der Waals surface area contributed by atoms with Crippen LogP contribution in [0.15, 0.2) is 29.8 Å². The van der Waals surface area contributed by atoms with Crippen LogP contribution in [0.5, 0.6) is 0 Å². The molecule has 4 heteroatoms. The molecule has 1 heterocycles. The highest BCUT2D eigenvalue weighted by Gasteiger charge is 2.18. The maximum absolute atomic E-state index is 13.0. The Morgan fingerprint density at radius 1 is 1.47 bits per heavy atom. The van der Waals surface area contributed by atoms with Crippen molar-refractivity contribution >= 4 is 17.5 Å². The Kier molecular flexibility index (Phi) is 3.48. The second-order valence-electron chi connectivity index (χ2n) is 4.19. The maximum atomic E-state index is 13.0. The number of halogens is 2. The lowest BCUT2D eigenvalue weighted by molar-refractivity contribution is 0.0766. The molecule has 1 aromatic carbocycles. The number of hydrogen-bond acceptors (Lipinski definition) is 1. The summed E-state index contributed by atoms with van der Waals surface area (Å²) < 4.78 is 13.0. The van der Waals surface area contributed by atoms with Crippen LogP contribution >= 0.6 is 11.6 Å². The molecule has 0 N–H and O–H groups in total. The SMILES string of the molecule is CC1=CCCN(C(=O)c2ccc(F)c(Cl)c2)C1. The van der Waals surface area contributed by atoms with Crippen LogP contribution in [0.25, 0.3) is 0 Å². The number of rotatable bonds is 1. The third-order valence-electron chi connectivity index (χ3n) is 2.79. The lowest BCUT2D eigenvalue weighted by atomic mass is 10.1. The highest BCUT2D eigenvalue weighted by atomic mass is 35.5. The normalized spacial score (nSPS) is 15.7. The van der Waals surface area contributed by atoms with E-state index in [0.717, 1.165) is 6.42 Å². The molecule has 17 heavy (non-hydrogen) atoms. The molecule has 1 aromatic rings. The number of carbonyl (C=O) groups excluding carboxylic acids is 1. The van der Waals surface area contributed by atoms with Crippen LogP contribution in [-0.2, 0) is 0 Å². The van der Waals surface area contributed by atoms with Crippen LogP contribution in [0.2, 0.25) is 5.02 Å². The van der Waals surface area contributed by atoms with Crippen LogP contribution in [0.4, 0.5) is 4.39 Å². The van der Waals surface area contributed by atoms with Crippen LogP contribution < -0.4 is 0 Å². The summed E-state index contributed by atoms with van der Waals surface area (Å²) in [4.78, 5) is 13.9. The Bertz CT molecular complexity index is 484. The second kappa shape index (κ2) is 4.88. The molecule has 2 nitrogen and oxygen atoms in total. The first-order valence-corrected chi connectivity index (χ1v) is 5.85. The summed E-state index contributed by atoms with van der Waals surface area (Å²) in [5.74, 6) is -0.600. The third-order valence-corrected chi connectivity index (χ3v) is 3.08. The van der Waals surface area contributed by atoms with Crippen molar-refractivity contribution in [3.63, 3.8) is 0 Å². The fourth-order valence-electron chi connectivity index (χ4n) is 1.90. The smallest absolute Gasteiger partial charge is 0.254 e. The van der Waals surface area contributed by atoms with E-state index >= 15 is 0 Å². The Morgan fingerprint density at radius 2 is 2.24 bits per heavy atom. The van der Waals surface area contributed by atoms with Crippen molar-refractivity contribution < 1.29 is 9.18 Å². The molecule has 0 radical (unpaired) electrons. The maximum Gasteiger partial charge on any atom is 0.254 e. The van der Waals surface area contributed by atoms with Gasteiger partial charge in [0.2, 0.25) is 0 Å². The van der Waals surface area contributed by atoms with E-state index in [1.807, 2.05) is 6.92 Å². The number of carbonyl (C=O) groups is 1. The van der Waals surface area contributed by atoms with Crippen molar-refractivity contribution in [3.05, 3.63) is 46.3 Å². The molecule has 0 bridgehead atoms. The van der Waals surface area contributed by atoms with Gasteiger partial charge >= 0.3 is 0 Å². The zero-order valence-corrected chi connectivity index (χ0v) is 10.3. The molecule has 0 spiro atoms. The van der Waals surface area contributed by atoms with Gasteiger partial charge in [0.05, 0.1) is 5.02 Å². The van der Waals surface area contributed by atoms with Gasteiger partial charge in [0.25, 0.3) is 5.91 Å². The molecular formula is C13H13ClFNO. The van der Waals surface area contributed by atoms with E-state index in [9.17, 15) is 9.18 Å². The third kappa shape index (κ3) is 2.67. The fourth-order valence-corrected chi connectivity index (χ4v) is 2.08. The Labute approximate surface area is 105 Å². The van der Waals surface area contributed by atoms with Gasteiger partial charge in [-0.2, -0.15) is 0 Å². The van der Waals surface area contributed by atoms with E-state index in [1.165, 1.54) is 23.8 Å². The van der Waals surface area contributed by atoms with Gasteiger partial charge in [0, 0.05) is 18.7 Å². The molecule has 90 valence electrons. The van der Waals surface area contributed by atoms with Crippen molar-refractivity contribution in [2.75, 3.05) is 13.1 Å². The number of benzene rings is 1. The van der Waals surface area contributed by atoms with Gasteiger partial charge in [-0.3, -0.25) is 4.79 Å². The van der Waals surface area contributed by atoms with E-state index in [2.05, 4.69) is 6.08 Å². The van der Waals surface area contributed by atoms with Gasteiger partial charge < -0.3 is 4.90 Å². The second-order valence-corrected chi connectivity index (χ2v) is 4.60. The van der Waals surface area contributed by atoms with Gasteiger partial charge in [-0.15, -0.1) is 0 Å². The quantitative estimate of drug-likeness (QED) is 0.704. The molecule has 2 rings (SSSR count). The first kappa shape index (κ1) is 12.1.